The maximum atomic E-state index is 12.1. The SMILES string of the molecule is CN1CC[C@]23c4c5c(C(=O)OO)cc(O)c4O[C@H]2[C@@H](O)C=C[C@H]3[C@H]1C5. The molecule has 0 aromatic heterocycles. The molecule has 2 bridgehead atoms. The van der Waals surface area contributed by atoms with Crippen LogP contribution in [-0.2, 0) is 16.7 Å². The van der Waals surface area contributed by atoms with Gasteiger partial charge in [-0.25, -0.2) is 4.79 Å². The highest BCUT2D eigenvalue weighted by Gasteiger charge is 2.64. The molecule has 25 heavy (non-hydrogen) atoms. The Balaban J connectivity index is 1.84. The van der Waals surface area contributed by atoms with Crippen molar-refractivity contribution in [3.8, 4) is 11.5 Å². The number of likely N-dealkylation sites (tertiary alicyclic amines) is 1. The molecular formula is C18H19NO6. The van der Waals surface area contributed by atoms with Crippen molar-refractivity contribution in [2.24, 2.45) is 5.92 Å². The summed E-state index contributed by atoms with van der Waals surface area (Å²) in [7, 11) is 2.05. The standard InChI is InChI=1S/C18H19NO6/c1-19-5-4-18-10-2-3-12(20)16(18)24-15-13(21)7-9(17(22)25-23)8(14(15)18)6-11(10)19/h2-3,7,10-12,16,20-21,23H,4-6H2,1H3/t10-,11+,12-,16-,18-/m0/s1. The zero-order valence-electron chi connectivity index (χ0n) is 13.7. The molecule has 5 rings (SSSR count). The molecule has 5 atom stereocenters. The van der Waals surface area contributed by atoms with Gasteiger partial charge in [0, 0.05) is 22.9 Å². The van der Waals surface area contributed by atoms with Crippen molar-refractivity contribution >= 4 is 5.97 Å². The second kappa shape index (κ2) is 4.75. The molecule has 1 aromatic rings. The number of nitrogens with zero attached hydrogens (tertiary/aromatic N) is 1. The van der Waals surface area contributed by atoms with E-state index >= 15 is 0 Å². The maximum Gasteiger partial charge on any atom is 0.373 e. The summed E-state index contributed by atoms with van der Waals surface area (Å²) in [5.41, 5.74) is 1.22. The van der Waals surface area contributed by atoms with Crippen molar-refractivity contribution in [2.75, 3.05) is 13.6 Å². The largest absolute Gasteiger partial charge is 0.504 e. The van der Waals surface area contributed by atoms with Gasteiger partial charge in [-0.2, -0.15) is 5.26 Å². The van der Waals surface area contributed by atoms with E-state index < -0.39 is 23.6 Å². The first kappa shape index (κ1) is 15.2. The van der Waals surface area contributed by atoms with Gasteiger partial charge in [-0.1, -0.05) is 12.2 Å². The van der Waals surface area contributed by atoms with Gasteiger partial charge in [0.2, 0.25) is 0 Å². The molecule has 1 fully saturated rings. The van der Waals surface area contributed by atoms with Crippen LogP contribution in [0.1, 0.15) is 27.9 Å². The third-order valence-electron chi connectivity index (χ3n) is 6.58. The average molecular weight is 345 g/mol. The lowest BCUT2D eigenvalue weighted by molar-refractivity contribution is -0.182. The number of aliphatic hydroxyl groups is 1. The van der Waals surface area contributed by atoms with Crippen LogP contribution in [0.15, 0.2) is 18.2 Å². The summed E-state index contributed by atoms with van der Waals surface area (Å²) in [5, 5.41) is 29.8. The lowest BCUT2D eigenvalue weighted by atomic mass is 9.53. The third kappa shape index (κ3) is 1.63. The van der Waals surface area contributed by atoms with E-state index in [-0.39, 0.29) is 23.3 Å². The molecule has 0 unspecified atom stereocenters. The molecule has 1 spiro atoms. The van der Waals surface area contributed by atoms with E-state index in [0.29, 0.717) is 12.2 Å². The Kier molecular flexibility index (Phi) is 2.89. The Morgan fingerprint density at radius 2 is 2.24 bits per heavy atom. The summed E-state index contributed by atoms with van der Waals surface area (Å²) >= 11 is 0. The van der Waals surface area contributed by atoms with E-state index in [2.05, 4.69) is 22.9 Å². The second-order valence-corrected chi connectivity index (χ2v) is 7.49. The van der Waals surface area contributed by atoms with Gasteiger partial charge < -0.3 is 19.8 Å². The van der Waals surface area contributed by atoms with Gasteiger partial charge in [0.25, 0.3) is 0 Å². The summed E-state index contributed by atoms with van der Waals surface area (Å²) in [6.45, 7) is 0.843. The van der Waals surface area contributed by atoms with Gasteiger partial charge in [0.15, 0.2) is 11.5 Å². The molecule has 0 saturated carbocycles. The lowest BCUT2D eigenvalue weighted by Gasteiger charge is -2.56. The highest BCUT2D eigenvalue weighted by Crippen LogP contribution is 2.62. The summed E-state index contributed by atoms with van der Waals surface area (Å²) in [6, 6.07) is 1.44. The fourth-order valence-electron chi connectivity index (χ4n) is 5.55. The minimum absolute atomic E-state index is 0.133. The number of ether oxygens (including phenoxy) is 1. The van der Waals surface area contributed by atoms with E-state index in [1.807, 2.05) is 0 Å². The lowest BCUT2D eigenvalue weighted by Crippen LogP contribution is -2.64. The van der Waals surface area contributed by atoms with Crippen LogP contribution >= 0.6 is 0 Å². The van der Waals surface area contributed by atoms with E-state index in [9.17, 15) is 15.0 Å². The van der Waals surface area contributed by atoms with E-state index in [1.54, 1.807) is 6.08 Å². The van der Waals surface area contributed by atoms with E-state index in [4.69, 9.17) is 9.99 Å². The van der Waals surface area contributed by atoms with Crippen molar-refractivity contribution in [3.63, 3.8) is 0 Å². The van der Waals surface area contributed by atoms with Crippen LogP contribution < -0.4 is 4.74 Å². The number of phenolic OH excluding ortho intramolecular Hbond substituents is 1. The maximum absolute atomic E-state index is 12.1. The number of phenols is 1. The van der Waals surface area contributed by atoms with Gasteiger partial charge in [-0.15, -0.1) is 0 Å². The van der Waals surface area contributed by atoms with Crippen LogP contribution in [0.5, 0.6) is 11.5 Å². The van der Waals surface area contributed by atoms with Gasteiger partial charge in [0.1, 0.15) is 12.2 Å². The number of benzene rings is 1. The van der Waals surface area contributed by atoms with Crippen LogP contribution in [0, 0.1) is 5.92 Å². The summed E-state index contributed by atoms with van der Waals surface area (Å²) in [4.78, 5) is 18.3. The zero-order chi connectivity index (χ0) is 17.5. The van der Waals surface area contributed by atoms with Gasteiger partial charge in [-0.3, -0.25) is 4.89 Å². The van der Waals surface area contributed by atoms with Crippen LogP contribution in [-0.4, -0.2) is 58.2 Å². The van der Waals surface area contributed by atoms with Crippen LogP contribution in [0.25, 0.3) is 0 Å². The Morgan fingerprint density at radius 3 is 3.00 bits per heavy atom. The molecule has 132 valence electrons. The minimum Gasteiger partial charge on any atom is -0.504 e. The molecule has 1 saturated heterocycles. The molecular weight excluding hydrogens is 326 g/mol. The molecule has 7 heteroatoms. The van der Waals surface area contributed by atoms with Gasteiger partial charge >= 0.3 is 5.97 Å². The summed E-state index contributed by atoms with van der Waals surface area (Å²) in [5.74, 6) is -0.566. The van der Waals surface area contributed by atoms with Gasteiger partial charge in [0.05, 0.1) is 5.56 Å². The minimum atomic E-state index is -0.890. The fraction of sp³-hybridized carbons (Fsp3) is 0.500. The van der Waals surface area contributed by atoms with Crippen molar-refractivity contribution in [1.29, 1.82) is 0 Å². The van der Waals surface area contributed by atoms with Gasteiger partial charge in [-0.05, 0) is 38.1 Å². The van der Waals surface area contributed by atoms with Crippen LogP contribution in [0.2, 0.25) is 0 Å². The van der Waals surface area contributed by atoms with Crippen molar-refractivity contribution in [2.45, 2.75) is 36.5 Å². The molecule has 1 aromatic carbocycles. The Labute approximate surface area is 144 Å². The fourth-order valence-corrected chi connectivity index (χ4v) is 5.55. The van der Waals surface area contributed by atoms with E-state index in [0.717, 1.165) is 24.1 Å². The molecule has 2 aliphatic heterocycles. The molecule has 0 amide bonds. The number of aliphatic hydroxyl groups excluding tert-OH is 1. The quantitative estimate of drug-likeness (QED) is 0.394. The first-order valence-electron chi connectivity index (χ1n) is 8.47. The Hall–Kier alpha value is -2.09. The molecule has 2 aliphatic carbocycles. The number of carbonyl (C=O) groups is 1. The van der Waals surface area contributed by atoms with Crippen LogP contribution in [0.3, 0.4) is 0 Å². The topological polar surface area (TPSA) is 99.5 Å². The van der Waals surface area contributed by atoms with Crippen molar-refractivity contribution < 1.29 is 29.9 Å². The Morgan fingerprint density at radius 1 is 1.44 bits per heavy atom. The first-order chi connectivity index (χ1) is 12.0. The molecule has 4 aliphatic rings. The zero-order valence-corrected chi connectivity index (χ0v) is 13.7. The summed E-state index contributed by atoms with van der Waals surface area (Å²) < 4.78 is 6.04. The number of likely N-dealkylation sites (N-methyl/N-ethyl adjacent to an activating group) is 1. The highest BCUT2D eigenvalue weighted by atomic mass is 17.1. The number of hydrogen-bond donors (Lipinski definition) is 3. The van der Waals surface area contributed by atoms with Crippen LogP contribution in [0.4, 0.5) is 0 Å². The van der Waals surface area contributed by atoms with Crippen molar-refractivity contribution in [3.05, 3.63) is 34.9 Å². The smallest absolute Gasteiger partial charge is 0.373 e. The average Bonchev–Trinajstić information content (AvgIpc) is 2.96. The molecule has 0 radical (unpaired) electrons. The highest BCUT2D eigenvalue weighted by molar-refractivity contribution is 5.93. The first-order valence-corrected chi connectivity index (χ1v) is 8.47. The number of aromatic hydroxyl groups is 1. The normalized spacial score (nSPS) is 37.4. The number of hydrogen-bond acceptors (Lipinski definition) is 7. The molecule has 3 N–H and O–H groups in total. The molecule has 2 heterocycles. The Bertz CT molecular complexity index is 820. The predicted molar refractivity (Wildman–Crippen MR) is 85.6 cm³/mol. The van der Waals surface area contributed by atoms with Crippen molar-refractivity contribution in [1.82, 2.24) is 4.90 Å². The second-order valence-electron chi connectivity index (χ2n) is 7.49. The molecule has 7 nitrogen and oxygen atoms in total. The summed E-state index contributed by atoms with van der Waals surface area (Å²) in [6.07, 6.45) is 3.92. The number of rotatable bonds is 1. The monoisotopic (exact) mass is 345 g/mol. The predicted octanol–water partition coefficient (Wildman–Crippen LogP) is 0.828. The number of piperidine rings is 1. The number of carbonyl (C=O) groups excluding carboxylic acids is 1. The third-order valence-corrected chi connectivity index (χ3v) is 6.58. The van der Waals surface area contributed by atoms with E-state index in [1.165, 1.54) is 6.07 Å².